The van der Waals surface area contributed by atoms with E-state index in [1.54, 1.807) is 24.4 Å². The highest BCUT2D eigenvalue weighted by atomic mass is 19.1. The first-order chi connectivity index (χ1) is 8.24. The number of rotatable bonds is 4. The summed E-state index contributed by atoms with van der Waals surface area (Å²) in [6.45, 7) is 0.417. The first-order valence-electron chi connectivity index (χ1n) is 5.20. The van der Waals surface area contributed by atoms with Crippen LogP contribution in [0.2, 0.25) is 0 Å². The number of benzene rings is 1. The number of hydrogen-bond donors (Lipinski definition) is 1. The summed E-state index contributed by atoms with van der Waals surface area (Å²) in [6, 6.07) is 7.79. The van der Waals surface area contributed by atoms with Gasteiger partial charge in [0.1, 0.15) is 11.6 Å². The van der Waals surface area contributed by atoms with Crippen LogP contribution in [0.25, 0.3) is 0 Å². The first-order valence-corrected chi connectivity index (χ1v) is 5.20. The predicted molar refractivity (Wildman–Crippen MR) is 62.0 cm³/mol. The molecule has 1 aromatic heterocycles. The lowest BCUT2D eigenvalue weighted by atomic mass is 10.3. The number of nitrogen functional groups attached to an aromatic ring is 1. The third-order valence-electron chi connectivity index (χ3n) is 2.15. The summed E-state index contributed by atoms with van der Waals surface area (Å²) in [4.78, 5) is 7.83. The number of nitrogens with zero attached hydrogens (tertiary/aromatic N) is 2. The molecule has 0 aliphatic carbocycles. The molecule has 2 N–H and O–H groups in total. The number of hydrogen-bond acceptors (Lipinski definition) is 4. The summed E-state index contributed by atoms with van der Waals surface area (Å²) in [7, 11) is 0. The summed E-state index contributed by atoms with van der Waals surface area (Å²) in [5.41, 5.74) is 6.25. The van der Waals surface area contributed by atoms with E-state index < -0.39 is 0 Å². The molecule has 88 valence electrons. The molecule has 4 nitrogen and oxygen atoms in total. The number of ether oxygens (including phenoxy) is 1. The van der Waals surface area contributed by atoms with E-state index in [1.807, 2.05) is 0 Å². The molecule has 0 unspecified atom stereocenters. The fraction of sp³-hybridized carbons (Fsp3) is 0.167. The summed E-state index contributed by atoms with van der Waals surface area (Å²) in [5, 5.41) is 0. The van der Waals surface area contributed by atoms with E-state index in [2.05, 4.69) is 9.97 Å². The zero-order valence-corrected chi connectivity index (χ0v) is 9.14. The van der Waals surface area contributed by atoms with E-state index >= 15 is 0 Å². The first kappa shape index (κ1) is 11.3. The van der Waals surface area contributed by atoms with Gasteiger partial charge in [0, 0.05) is 24.4 Å². The van der Waals surface area contributed by atoms with Crippen molar-refractivity contribution in [3.8, 4) is 5.75 Å². The average molecular weight is 233 g/mol. The van der Waals surface area contributed by atoms with Gasteiger partial charge in [0.25, 0.3) is 0 Å². The molecule has 1 heterocycles. The minimum atomic E-state index is -0.311. The van der Waals surface area contributed by atoms with Crippen molar-refractivity contribution in [1.82, 2.24) is 9.97 Å². The van der Waals surface area contributed by atoms with Crippen LogP contribution in [0.1, 0.15) is 5.69 Å². The molecule has 0 saturated heterocycles. The lowest BCUT2D eigenvalue weighted by Gasteiger charge is -2.05. The van der Waals surface area contributed by atoms with Crippen LogP contribution in [-0.2, 0) is 6.42 Å². The highest BCUT2D eigenvalue weighted by Gasteiger charge is 1.99. The van der Waals surface area contributed by atoms with Crippen LogP contribution >= 0.6 is 0 Å². The second-order valence-electron chi connectivity index (χ2n) is 3.46. The van der Waals surface area contributed by atoms with Crippen LogP contribution in [0.4, 0.5) is 10.3 Å². The van der Waals surface area contributed by atoms with E-state index in [0.29, 0.717) is 18.8 Å². The lowest BCUT2D eigenvalue weighted by Crippen LogP contribution is -2.05. The van der Waals surface area contributed by atoms with Crippen LogP contribution in [0.3, 0.4) is 0 Å². The zero-order valence-electron chi connectivity index (χ0n) is 9.14. The standard InChI is InChI=1S/C12H12FN3O/c13-9-2-1-3-11(8-9)17-7-5-10-4-6-15-12(14)16-10/h1-4,6,8H,5,7H2,(H2,14,15,16). The summed E-state index contributed by atoms with van der Waals surface area (Å²) in [6.07, 6.45) is 2.20. The molecule has 0 spiro atoms. The Bertz CT molecular complexity index is 459. The Morgan fingerprint density at radius 1 is 1.29 bits per heavy atom. The molecule has 5 heteroatoms. The van der Waals surface area contributed by atoms with Crippen molar-refractivity contribution < 1.29 is 9.13 Å². The molecule has 2 rings (SSSR count). The van der Waals surface area contributed by atoms with Crippen molar-refractivity contribution in [3.05, 3.63) is 48.0 Å². The second kappa shape index (κ2) is 5.25. The van der Waals surface area contributed by atoms with Gasteiger partial charge in [0.2, 0.25) is 5.95 Å². The average Bonchev–Trinajstić information content (AvgIpc) is 2.29. The van der Waals surface area contributed by atoms with Gasteiger partial charge in [-0.1, -0.05) is 6.07 Å². The maximum Gasteiger partial charge on any atom is 0.220 e. The maximum atomic E-state index is 12.9. The molecule has 1 aromatic carbocycles. The summed E-state index contributed by atoms with van der Waals surface area (Å²) < 4.78 is 18.2. The van der Waals surface area contributed by atoms with Gasteiger partial charge in [0.15, 0.2) is 0 Å². The van der Waals surface area contributed by atoms with E-state index in [1.165, 1.54) is 12.1 Å². The topological polar surface area (TPSA) is 61.0 Å². The normalized spacial score (nSPS) is 10.2. The monoisotopic (exact) mass is 233 g/mol. The van der Waals surface area contributed by atoms with Gasteiger partial charge in [-0.05, 0) is 18.2 Å². The Morgan fingerprint density at radius 3 is 2.94 bits per heavy atom. The molecule has 0 saturated carbocycles. The fourth-order valence-corrected chi connectivity index (χ4v) is 1.38. The third-order valence-corrected chi connectivity index (χ3v) is 2.15. The maximum absolute atomic E-state index is 12.9. The number of nitrogens with two attached hydrogens (primary N) is 1. The molecule has 0 bridgehead atoms. The highest BCUT2D eigenvalue weighted by Crippen LogP contribution is 2.12. The molecule has 0 aliphatic heterocycles. The molecule has 0 radical (unpaired) electrons. The van der Waals surface area contributed by atoms with E-state index in [4.69, 9.17) is 10.5 Å². The quantitative estimate of drug-likeness (QED) is 0.875. The number of halogens is 1. The lowest BCUT2D eigenvalue weighted by molar-refractivity contribution is 0.319. The van der Waals surface area contributed by atoms with Gasteiger partial charge < -0.3 is 10.5 Å². The van der Waals surface area contributed by atoms with Crippen LogP contribution in [0.15, 0.2) is 36.5 Å². The van der Waals surface area contributed by atoms with Crippen molar-refractivity contribution in [1.29, 1.82) is 0 Å². The fourth-order valence-electron chi connectivity index (χ4n) is 1.38. The molecule has 0 atom stereocenters. The van der Waals surface area contributed by atoms with Crippen molar-refractivity contribution in [2.75, 3.05) is 12.3 Å². The van der Waals surface area contributed by atoms with Crippen molar-refractivity contribution in [3.63, 3.8) is 0 Å². The van der Waals surface area contributed by atoms with E-state index in [9.17, 15) is 4.39 Å². The second-order valence-corrected chi connectivity index (χ2v) is 3.46. The Labute approximate surface area is 98.3 Å². The Balaban J connectivity index is 1.87. The molecular weight excluding hydrogens is 221 g/mol. The number of anilines is 1. The van der Waals surface area contributed by atoms with Crippen molar-refractivity contribution >= 4 is 5.95 Å². The Morgan fingerprint density at radius 2 is 2.18 bits per heavy atom. The smallest absolute Gasteiger partial charge is 0.220 e. The molecule has 17 heavy (non-hydrogen) atoms. The van der Waals surface area contributed by atoms with Crippen molar-refractivity contribution in [2.24, 2.45) is 0 Å². The summed E-state index contributed by atoms with van der Waals surface area (Å²) in [5.74, 6) is 0.439. The van der Waals surface area contributed by atoms with Crippen LogP contribution in [0, 0.1) is 5.82 Å². The number of aromatic nitrogens is 2. The minimum absolute atomic E-state index is 0.244. The largest absolute Gasteiger partial charge is 0.493 e. The third kappa shape index (κ3) is 3.41. The van der Waals surface area contributed by atoms with Gasteiger partial charge in [-0.25, -0.2) is 14.4 Å². The van der Waals surface area contributed by atoms with Crippen LogP contribution in [0.5, 0.6) is 5.75 Å². The molecule has 0 fully saturated rings. The van der Waals surface area contributed by atoms with Gasteiger partial charge >= 0.3 is 0 Å². The molecular formula is C12H12FN3O. The SMILES string of the molecule is Nc1nccc(CCOc2cccc(F)c2)n1. The van der Waals surface area contributed by atoms with Gasteiger partial charge in [-0.15, -0.1) is 0 Å². The van der Waals surface area contributed by atoms with Gasteiger partial charge in [0.05, 0.1) is 6.61 Å². The van der Waals surface area contributed by atoms with E-state index in [0.717, 1.165) is 5.69 Å². The molecule has 0 aliphatic rings. The molecule has 2 aromatic rings. The van der Waals surface area contributed by atoms with Gasteiger partial charge in [-0.2, -0.15) is 0 Å². The Hall–Kier alpha value is -2.17. The predicted octanol–water partition coefficient (Wildman–Crippen LogP) is 1.82. The van der Waals surface area contributed by atoms with Crippen LogP contribution in [-0.4, -0.2) is 16.6 Å². The van der Waals surface area contributed by atoms with E-state index in [-0.39, 0.29) is 11.8 Å². The van der Waals surface area contributed by atoms with Crippen molar-refractivity contribution in [2.45, 2.75) is 6.42 Å². The molecule has 0 amide bonds. The highest BCUT2D eigenvalue weighted by molar-refractivity contribution is 5.22. The zero-order chi connectivity index (χ0) is 12.1. The van der Waals surface area contributed by atoms with Crippen LogP contribution < -0.4 is 10.5 Å². The van der Waals surface area contributed by atoms with Gasteiger partial charge in [-0.3, -0.25) is 0 Å². The minimum Gasteiger partial charge on any atom is -0.493 e. The Kier molecular flexibility index (Phi) is 3.49. The summed E-state index contributed by atoms with van der Waals surface area (Å²) >= 11 is 0.